The standard InChI is InChI=1S/C13H21N3OS/c1-18-13-6-12(15-9-16-13)17-8-11-5-3-2-4-10(11)7-14/h6,9-11H,2-5,7-8,14H2,1H3. The van der Waals surface area contributed by atoms with E-state index in [-0.39, 0.29) is 0 Å². The van der Waals surface area contributed by atoms with Crippen LogP contribution in [0.2, 0.25) is 0 Å². The molecule has 2 rings (SSSR count). The van der Waals surface area contributed by atoms with Crippen molar-refractivity contribution in [1.82, 2.24) is 9.97 Å². The summed E-state index contributed by atoms with van der Waals surface area (Å²) in [4.78, 5) is 8.28. The van der Waals surface area contributed by atoms with Gasteiger partial charge in [0, 0.05) is 6.07 Å². The van der Waals surface area contributed by atoms with Crippen molar-refractivity contribution >= 4 is 11.8 Å². The molecular weight excluding hydrogens is 246 g/mol. The van der Waals surface area contributed by atoms with E-state index in [9.17, 15) is 0 Å². The molecule has 100 valence electrons. The summed E-state index contributed by atoms with van der Waals surface area (Å²) in [5.74, 6) is 1.87. The van der Waals surface area contributed by atoms with Gasteiger partial charge in [-0.3, -0.25) is 0 Å². The molecule has 0 amide bonds. The molecule has 0 radical (unpaired) electrons. The first-order chi connectivity index (χ1) is 8.83. The molecule has 1 aromatic heterocycles. The third kappa shape index (κ3) is 3.59. The molecule has 1 aromatic rings. The van der Waals surface area contributed by atoms with Crippen LogP contribution in [-0.4, -0.2) is 29.4 Å². The van der Waals surface area contributed by atoms with Crippen molar-refractivity contribution in [1.29, 1.82) is 0 Å². The molecule has 2 unspecified atom stereocenters. The van der Waals surface area contributed by atoms with Gasteiger partial charge in [-0.2, -0.15) is 0 Å². The Balaban J connectivity index is 1.89. The van der Waals surface area contributed by atoms with Crippen molar-refractivity contribution in [2.75, 3.05) is 19.4 Å². The SMILES string of the molecule is CSc1cc(OCC2CCCCC2CN)ncn1. The maximum Gasteiger partial charge on any atom is 0.217 e. The van der Waals surface area contributed by atoms with Gasteiger partial charge in [-0.05, 0) is 37.5 Å². The van der Waals surface area contributed by atoms with Crippen molar-refractivity contribution in [2.24, 2.45) is 17.6 Å². The molecular formula is C13H21N3OS. The van der Waals surface area contributed by atoms with Crippen LogP contribution in [0.25, 0.3) is 0 Å². The number of ether oxygens (including phenoxy) is 1. The van der Waals surface area contributed by atoms with Crippen LogP contribution >= 0.6 is 11.8 Å². The summed E-state index contributed by atoms with van der Waals surface area (Å²) in [5.41, 5.74) is 5.82. The average Bonchev–Trinajstić information content (AvgIpc) is 2.45. The van der Waals surface area contributed by atoms with Crippen molar-refractivity contribution in [2.45, 2.75) is 30.7 Å². The second kappa shape index (κ2) is 6.95. The number of nitrogens with two attached hydrogens (primary N) is 1. The van der Waals surface area contributed by atoms with Crippen LogP contribution in [0.4, 0.5) is 0 Å². The molecule has 2 atom stereocenters. The monoisotopic (exact) mass is 267 g/mol. The fourth-order valence-electron chi connectivity index (χ4n) is 2.52. The third-order valence-electron chi connectivity index (χ3n) is 3.64. The van der Waals surface area contributed by atoms with Crippen LogP contribution < -0.4 is 10.5 Å². The second-order valence-electron chi connectivity index (χ2n) is 4.75. The maximum absolute atomic E-state index is 5.82. The van der Waals surface area contributed by atoms with Crippen LogP contribution in [0.5, 0.6) is 5.88 Å². The Hall–Kier alpha value is -0.810. The minimum atomic E-state index is 0.580. The van der Waals surface area contributed by atoms with Gasteiger partial charge in [0.05, 0.1) is 6.61 Å². The maximum atomic E-state index is 5.82. The smallest absolute Gasteiger partial charge is 0.217 e. The number of hydrogen-bond acceptors (Lipinski definition) is 5. The number of nitrogens with zero attached hydrogens (tertiary/aromatic N) is 2. The molecule has 0 aromatic carbocycles. The van der Waals surface area contributed by atoms with Crippen LogP contribution in [0.3, 0.4) is 0 Å². The lowest BCUT2D eigenvalue weighted by molar-refractivity contribution is 0.149. The highest BCUT2D eigenvalue weighted by atomic mass is 32.2. The van der Waals surface area contributed by atoms with E-state index in [1.807, 2.05) is 12.3 Å². The quantitative estimate of drug-likeness (QED) is 0.655. The fraction of sp³-hybridized carbons (Fsp3) is 0.692. The van der Waals surface area contributed by atoms with Gasteiger partial charge in [-0.15, -0.1) is 11.8 Å². The first kappa shape index (κ1) is 13.6. The Morgan fingerprint density at radius 1 is 1.33 bits per heavy atom. The average molecular weight is 267 g/mol. The van der Waals surface area contributed by atoms with Crippen LogP contribution in [0.1, 0.15) is 25.7 Å². The largest absolute Gasteiger partial charge is 0.477 e. The highest BCUT2D eigenvalue weighted by Gasteiger charge is 2.24. The van der Waals surface area contributed by atoms with Gasteiger partial charge < -0.3 is 10.5 Å². The zero-order valence-corrected chi connectivity index (χ0v) is 11.7. The normalized spacial score (nSPS) is 23.9. The van der Waals surface area contributed by atoms with Gasteiger partial charge >= 0.3 is 0 Å². The molecule has 0 spiro atoms. The van der Waals surface area contributed by atoms with Gasteiger partial charge in [-0.1, -0.05) is 12.8 Å². The minimum absolute atomic E-state index is 0.580. The topological polar surface area (TPSA) is 61.0 Å². The van der Waals surface area contributed by atoms with E-state index in [1.165, 1.54) is 25.7 Å². The molecule has 0 bridgehead atoms. The number of rotatable bonds is 5. The van der Waals surface area contributed by atoms with E-state index in [2.05, 4.69) is 9.97 Å². The van der Waals surface area contributed by atoms with Crippen molar-refractivity contribution < 1.29 is 4.74 Å². The predicted octanol–water partition coefficient (Wildman–Crippen LogP) is 2.34. The highest BCUT2D eigenvalue weighted by molar-refractivity contribution is 7.98. The number of aromatic nitrogens is 2. The summed E-state index contributed by atoms with van der Waals surface area (Å²) < 4.78 is 5.80. The number of hydrogen-bond donors (Lipinski definition) is 1. The van der Waals surface area contributed by atoms with E-state index >= 15 is 0 Å². The molecule has 0 saturated heterocycles. The summed E-state index contributed by atoms with van der Waals surface area (Å²) >= 11 is 1.60. The van der Waals surface area contributed by atoms with E-state index in [0.717, 1.165) is 18.2 Å². The molecule has 1 aliphatic rings. The zero-order valence-electron chi connectivity index (χ0n) is 10.8. The summed E-state index contributed by atoms with van der Waals surface area (Å²) in [6, 6.07) is 1.89. The molecule has 0 aliphatic heterocycles. The Labute approximate surface area is 113 Å². The molecule has 1 saturated carbocycles. The Morgan fingerprint density at radius 3 is 2.83 bits per heavy atom. The Morgan fingerprint density at radius 2 is 2.11 bits per heavy atom. The summed E-state index contributed by atoms with van der Waals surface area (Å²) in [6.45, 7) is 1.50. The predicted molar refractivity (Wildman–Crippen MR) is 73.8 cm³/mol. The third-order valence-corrected chi connectivity index (χ3v) is 4.28. The van der Waals surface area contributed by atoms with Crippen molar-refractivity contribution in [3.05, 3.63) is 12.4 Å². The van der Waals surface area contributed by atoms with Gasteiger partial charge in [0.2, 0.25) is 5.88 Å². The van der Waals surface area contributed by atoms with Gasteiger partial charge in [0.1, 0.15) is 11.4 Å². The lowest BCUT2D eigenvalue weighted by Crippen LogP contribution is -2.30. The molecule has 2 N–H and O–H groups in total. The van der Waals surface area contributed by atoms with Gasteiger partial charge in [0.25, 0.3) is 0 Å². The molecule has 18 heavy (non-hydrogen) atoms. The van der Waals surface area contributed by atoms with Crippen LogP contribution in [0.15, 0.2) is 17.4 Å². The lowest BCUT2D eigenvalue weighted by Gasteiger charge is -2.30. The van der Waals surface area contributed by atoms with E-state index in [0.29, 0.717) is 17.7 Å². The fourth-order valence-corrected chi connectivity index (χ4v) is 2.89. The first-order valence-electron chi connectivity index (χ1n) is 6.52. The summed E-state index contributed by atoms with van der Waals surface area (Å²) in [7, 11) is 0. The van der Waals surface area contributed by atoms with Gasteiger partial charge in [0.15, 0.2) is 0 Å². The molecule has 5 heteroatoms. The molecule has 1 aliphatic carbocycles. The van der Waals surface area contributed by atoms with E-state index < -0.39 is 0 Å². The minimum Gasteiger partial charge on any atom is -0.477 e. The van der Waals surface area contributed by atoms with Crippen LogP contribution in [0, 0.1) is 11.8 Å². The van der Waals surface area contributed by atoms with E-state index in [1.54, 1.807) is 18.1 Å². The molecule has 1 fully saturated rings. The lowest BCUT2D eigenvalue weighted by atomic mass is 9.80. The van der Waals surface area contributed by atoms with Crippen molar-refractivity contribution in [3.8, 4) is 5.88 Å². The van der Waals surface area contributed by atoms with Crippen molar-refractivity contribution in [3.63, 3.8) is 0 Å². The first-order valence-corrected chi connectivity index (χ1v) is 7.75. The highest BCUT2D eigenvalue weighted by Crippen LogP contribution is 2.29. The van der Waals surface area contributed by atoms with Gasteiger partial charge in [-0.25, -0.2) is 9.97 Å². The van der Waals surface area contributed by atoms with E-state index in [4.69, 9.17) is 10.5 Å². The second-order valence-corrected chi connectivity index (χ2v) is 5.58. The Bertz CT molecular complexity index is 375. The summed E-state index contributed by atoms with van der Waals surface area (Å²) in [6.07, 6.45) is 8.62. The van der Waals surface area contributed by atoms with Crippen LogP contribution in [-0.2, 0) is 0 Å². The molecule has 4 nitrogen and oxygen atoms in total. The zero-order chi connectivity index (χ0) is 12.8. The number of thioether (sulfide) groups is 1. The Kier molecular flexibility index (Phi) is 5.26. The summed E-state index contributed by atoms with van der Waals surface area (Å²) in [5, 5.41) is 0.944. The molecule has 1 heterocycles.